The predicted octanol–water partition coefficient (Wildman–Crippen LogP) is 3.77. The maximum atomic E-state index is 12.6. The Morgan fingerprint density at radius 3 is 2.46 bits per heavy atom. The highest BCUT2D eigenvalue weighted by atomic mass is 32.2. The van der Waals surface area contributed by atoms with E-state index >= 15 is 0 Å². The molecule has 2 aromatic rings. The molecule has 0 fully saturated rings. The van der Waals surface area contributed by atoms with Gasteiger partial charge < -0.3 is 14.4 Å². The van der Waals surface area contributed by atoms with Crippen molar-refractivity contribution in [2.75, 3.05) is 27.3 Å². The van der Waals surface area contributed by atoms with E-state index in [1.165, 1.54) is 11.8 Å². The van der Waals surface area contributed by atoms with Crippen LogP contribution >= 0.6 is 11.8 Å². The Kier molecular flexibility index (Phi) is 5.30. The average Bonchev–Trinajstić information content (AvgIpc) is 2.84. The quantitative estimate of drug-likeness (QED) is 0.792. The molecular weight excluding hydrogens is 322 g/mol. The zero-order valence-corrected chi connectivity index (χ0v) is 14.7. The highest BCUT2D eigenvalue weighted by molar-refractivity contribution is 8.00. The van der Waals surface area contributed by atoms with E-state index in [0.29, 0.717) is 13.2 Å². The Bertz CT molecular complexity index is 703. The van der Waals surface area contributed by atoms with Crippen molar-refractivity contribution in [3.8, 4) is 11.5 Å². The van der Waals surface area contributed by atoms with E-state index in [2.05, 4.69) is 0 Å². The summed E-state index contributed by atoms with van der Waals surface area (Å²) in [6.07, 6.45) is 0.878. The minimum absolute atomic E-state index is 0.0679. The highest BCUT2D eigenvalue weighted by Gasteiger charge is 2.24. The van der Waals surface area contributed by atoms with Gasteiger partial charge in [-0.25, -0.2) is 0 Å². The Morgan fingerprint density at radius 2 is 1.75 bits per heavy atom. The zero-order valence-electron chi connectivity index (χ0n) is 13.9. The molecule has 1 aliphatic heterocycles. The fourth-order valence-electron chi connectivity index (χ4n) is 2.48. The lowest BCUT2D eigenvalue weighted by Gasteiger charge is -2.21. The smallest absolute Gasteiger partial charge is 0.240 e. The SMILES string of the molecule is CN(C)C(=O)C(Sc1ccc2c(c1)OCCCO2)c1ccccc1. The van der Waals surface area contributed by atoms with E-state index in [1.807, 2.05) is 48.5 Å². The Morgan fingerprint density at radius 1 is 1.04 bits per heavy atom. The number of hydrogen-bond acceptors (Lipinski definition) is 4. The summed E-state index contributed by atoms with van der Waals surface area (Å²) in [6, 6.07) is 15.7. The van der Waals surface area contributed by atoms with E-state index < -0.39 is 0 Å². The molecule has 0 saturated heterocycles. The molecule has 3 rings (SSSR count). The maximum Gasteiger partial charge on any atom is 0.240 e. The molecule has 126 valence electrons. The molecule has 24 heavy (non-hydrogen) atoms. The minimum Gasteiger partial charge on any atom is -0.490 e. The largest absolute Gasteiger partial charge is 0.490 e. The molecule has 1 atom stereocenters. The number of thioether (sulfide) groups is 1. The number of benzene rings is 2. The van der Waals surface area contributed by atoms with Crippen LogP contribution in [0.25, 0.3) is 0 Å². The molecule has 1 unspecified atom stereocenters. The summed E-state index contributed by atoms with van der Waals surface area (Å²) in [5.74, 6) is 1.59. The topological polar surface area (TPSA) is 38.8 Å². The Balaban J connectivity index is 1.87. The van der Waals surface area contributed by atoms with Crippen molar-refractivity contribution >= 4 is 17.7 Å². The third kappa shape index (κ3) is 3.85. The van der Waals surface area contributed by atoms with Gasteiger partial charge in [0.1, 0.15) is 5.25 Å². The van der Waals surface area contributed by atoms with Gasteiger partial charge in [0, 0.05) is 25.4 Å². The van der Waals surface area contributed by atoms with Crippen molar-refractivity contribution in [2.45, 2.75) is 16.6 Å². The van der Waals surface area contributed by atoms with Crippen LogP contribution in [0.2, 0.25) is 0 Å². The van der Waals surface area contributed by atoms with Gasteiger partial charge in [-0.3, -0.25) is 4.79 Å². The van der Waals surface area contributed by atoms with E-state index in [-0.39, 0.29) is 11.2 Å². The summed E-state index contributed by atoms with van der Waals surface area (Å²) in [5, 5.41) is -0.286. The second-order valence-electron chi connectivity index (χ2n) is 5.80. The molecule has 0 saturated carbocycles. The number of likely N-dealkylation sites (N-methyl/N-ethyl adjacent to an activating group) is 1. The molecule has 1 amide bonds. The lowest BCUT2D eigenvalue weighted by Crippen LogP contribution is -2.26. The molecule has 0 spiro atoms. The summed E-state index contributed by atoms with van der Waals surface area (Å²) < 4.78 is 11.4. The van der Waals surface area contributed by atoms with Crippen molar-refractivity contribution in [1.82, 2.24) is 4.90 Å². The van der Waals surface area contributed by atoms with Crippen molar-refractivity contribution in [3.63, 3.8) is 0 Å². The first-order chi connectivity index (χ1) is 11.6. The van der Waals surface area contributed by atoms with Crippen molar-refractivity contribution in [2.24, 2.45) is 0 Å². The highest BCUT2D eigenvalue weighted by Crippen LogP contribution is 2.40. The summed E-state index contributed by atoms with van der Waals surface area (Å²) in [6.45, 7) is 1.32. The van der Waals surface area contributed by atoms with Gasteiger partial charge >= 0.3 is 0 Å². The Labute approximate surface area is 146 Å². The molecule has 0 N–H and O–H groups in total. The number of carbonyl (C=O) groups excluding carboxylic acids is 1. The first-order valence-electron chi connectivity index (χ1n) is 7.97. The van der Waals surface area contributed by atoms with Gasteiger partial charge in [0.25, 0.3) is 0 Å². The van der Waals surface area contributed by atoms with Crippen LogP contribution in [0.3, 0.4) is 0 Å². The van der Waals surface area contributed by atoms with Gasteiger partial charge in [-0.15, -0.1) is 11.8 Å². The van der Waals surface area contributed by atoms with Gasteiger partial charge in [0.15, 0.2) is 11.5 Å². The van der Waals surface area contributed by atoms with Crippen LogP contribution in [-0.2, 0) is 4.79 Å². The number of hydrogen-bond donors (Lipinski definition) is 0. The Hall–Kier alpha value is -2.14. The van der Waals surface area contributed by atoms with Gasteiger partial charge in [-0.2, -0.15) is 0 Å². The molecule has 2 aromatic carbocycles. The summed E-state index contributed by atoms with van der Waals surface area (Å²) >= 11 is 1.53. The molecule has 1 heterocycles. The van der Waals surface area contributed by atoms with Crippen LogP contribution in [-0.4, -0.2) is 38.1 Å². The van der Waals surface area contributed by atoms with Gasteiger partial charge in [-0.05, 0) is 23.8 Å². The molecule has 0 aromatic heterocycles. The molecule has 0 aliphatic carbocycles. The van der Waals surface area contributed by atoms with E-state index in [4.69, 9.17) is 9.47 Å². The van der Waals surface area contributed by atoms with Crippen molar-refractivity contribution < 1.29 is 14.3 Å². The van der Waals surface area contributed by atoms with E-state index in [9.17, 15) is 4.79 Å². The van der Waals surface area contributed by atoms with Crippen LogP contribution < -0.4 is 9.47 Å². The van der Waals surface area contributed by atoms with Crippen molar-refractivity contribution in [3.05, 3.63) is 54.1 Å². The predicted molar refractivity (Wildman–Crippen MR) is 95.8 cm³/mol. The number of rotatable bonds is 4. The standard InChI is InChI=1S/C19H21NO3S/c1-20(2)19(21)18(14-7-4-3-5-8-14)24-15-9-10-16-17(13-15)23-12-6-11-22-16/h3-5,7-10,13,18H,6,11-12H2,1-2H3. The molecule has 0 radical (unpaired) electrons. The number of amides is 1. The number of carbonyl (C=O) groups is 1. The molecule has 4 nitrogen and oxygen atoms in total. The first kappa shape index (κ1) is 16.7. The van der Waals surface area contributed by atoms with Crippen LogP contribution in [0, 0.1) is 0 Å². The van der Waals surface area contributed by atoms with Crippen molar-refractivity contribution in [1.29, 1.82) is 0 Å². The molecular formula is C19H21NO3S. The number of nitrogens with zero attached hydrogens (tertiary/aromatic N) is 1. The van der Waals surface area contributed by atoms with Gasteiger partial charge in [0.2, 0.25) is 5.91 Å². The van der Waals surface area contributed by atoms with Crippen LogP contribution in [0.4, 0.5) is 0 Å². The molecule has 5 heteroatoms. The second-order valence-corrected chi connectivity index (χ2v) is 6.98. The zero-order chi connectivity index (χ0) is 16.9. The first-order valence-corrected chi connectivity index (χ1v) is 8.85. The number of fused-ring (bicyclic) bond motifs is 1. The third-order valence-electron chi connectivity index (χ3n) is 3.74. The minimum atomic E-state index is -0.286. The lowest BCUT2D eigenvalue weighted by molar-refractivity contribution is -0.128. The fourth-order valence-corrected chi connectivity index (χ4v) is 3.68. The van der Waals surface area contributed by atoms with Crippen LogP contribution in [0.1, 0.15) is 17.2 Å². The summed E-state index contributed by atoms with van der Waals surface area (Å²) in [5.41, 5.74) is 0.994. The normalized spacial score (nSPS) is 14.6. The maximum absolute atomic E-state index is 12.6. The fraction of sp³-hybridized carbons (Fsp3) is 0.316. The lowest BCUT2D eigenvalue weighted by atomic mass is 10.1. The molecule has 1 aliphatic rings. The van der Waals surface area contributed by atoms with Crippen LogP contribution in [0.15, 0.2) is 53.4 Å². The second kappa shape index (κ2) is 7.62. The van der Waals surface area contributed by atoms with E-state index in [1.54, 1.807) is 19.0 Å². The third-order valence-corrected chi connectivity index (χ3v) is 4.98. The summed E-state index contributed by atoms with van der Waals surface area (Å²) in [7, 11) is 3.57. The average molecular weight is 343 g/mol. The van der Waals surface area contributed by atoms with Gasteiger partial charge in [-0.1, -0.05) is 30.3 Å². The van der Waals surface area contributed by atoms with E-state index in [0.717, 1.165) is 28.4 Å². The summed E-state index contributed by atoms with van der Waals surface area (Å²) in [4.78, 5) is 15.3. The van der Waals surface area contributed by atoms with Gasteiger partial charge in [0.05, 0.1) is 13.2 Å². The van der Waals surface area contributed by atoms with Crippen LogP contribution in [0.5, 0.6) is 11.5 Å². The number of ether oxygens (including phenoxy) is 2. The monoisotopic (exact) mass is 343 g/mol. The molecule has 0 bridgehead atoms.